The summed E-state index contributed by atoms with van der Waals surface area (Å²) in [4.78, 5) is 24.7. The summed E-state index contributed by atoms with van der Waals surface area (Å²) in [5.74, 6) is -0.123. The smallest absolute Gasteiger partial charge is 0.348 e. The van der Waals surface area contributed by atoms with E-state index in [9.17, 15) is 20.0 Å². The van der Waals surface area contributed by atoms with Gasteiger partial charge in [-0.25, -0.2) is 4.79 Å². The minimum absolute atomic E-state index is 0.0930. The molecule has 1 aliphatic rings. The van der Waals surface area contributed by atoms with Gasteiger partial charge in [-0.15, -0.1) is 0 Å². The second kappa shape index (κ2) is 7.55. The van der Waals surface area contributed by atoms with E-state index in [-0.39, 0.29) is 38.4 Å². The zero-order valence-corrected chi connectivity index (χ0v) is 17.1. The maximum Gasteiger partial charge on any atom is 0.348 e. The zero-order valence-electron chi connectivity index (χ0n) is 16.3. The zero-order chi connectivity index (χ0) is 22.4. The van der Waals surface area contributed by atoms with Gasteiger partial charge < -0.3 is 14.3 Å². The van der Waals surface area contributed by atoms with Crippen molar-refractivity contribution in [1.29, 1.82) is 0 Å². The summed E-state index contributed by atoms with van der Waals surface area (Å²) in [6.07, 6.45) is -1.12. The monoisotopic (exact) mass is 447 g/mol. The summed E-state index contributed by atoms with van der Waals surface area (Å²) in [5.41, 5.74) is -0.817. The number of rotatable bonds is 3. The van der Waals surface area contributed by atoms with Crippen molar-refractivity contribution in [2.45, 2.75) is 6.10 Å². The maximum absolute atomic E-state index is 13.0. The molecule has 0 radical (unpaired) electrons. The van der Waals surface area contributed by atoms with Crippen LogP contribution in [0.25, 0.3) is 16.5 Å². The van der Waals surface area contributed by atoms with E-state index in [4.69, 9.17) is 20.8 Å². The topological polar surface area (TPSA) is 103 Å². The van der Waals surface area contributed by atoms with Crippen LogP contribution in [0.3, 0.4) is 0 Å². The standard InChI is InChI=1S/C24H14ClNO6/c25-14-10-11-18-16(12-14)19(20-22(27)15-8-4-5-9-17(15)32-24(20)28)21(26(29)30)23(31-18)13-6-2-1-3-7-13/h1-12,23,27H. The van der Waals surface area contributed by atoms with Crippen LogP contribution in [-0.2, 0) is 0 Å². The maximum atomic E-state index is 13.0. The third kappa shape index (κ3) is 3.11. The molecule has 7 nitrogen and oxygen atoms in total. The van der Waals surface area contributed by atoms with Gasteiger partial charge in [0.05, 0.1) is 15.9 Å². The summed E-state index contributed by atoms with van der Waals surface area (Å²) < 4.78 is 11.4. The lowest BCUT2D eigenvalue weighted by molar-refractivity contribution is -0.435. The number of hydrogen-bond donors (Lipinski definition) is 1. The lowest BCUT2D eigenvalue weighted by Crippen LogP contribution is -2.24. The number of hydrogen-bond acceptors (Lipinski definition) is 6. The lowest BCUT2D eigenvalue weighted by Gasteiger charge is -2.26. The fourth-order valence-corrected chi connectivity index (χ4v) is 4.08. The highest BCUT2D eigenvalue weighted by Crippen LogP contribution is 2.47. The second-order valence-corrected chi connectivity index (χ2v) is 7.61. The minimum atomic E-state index is -1.12. The third-order valence-corrected chi connectivity index (χ3v) is 5.53. The SMILES string of the molecule is O=c1oc2ccccc2c(O)c1C1=C([N+](=O)[O-])C(c2ccccc2)Oc2ccc(Cl)cc21. The molecule has 158 valence electrons. The molecule has 1 aromatic heterocycles. The summed E-state index contributed by atoms with van der Waals surface area (Å²) in [6.45, 7) is 0. The van der Waals surface area contributed by atoms with E-state index in [2.05, 4.69) is 0 Å². The van der Waals surface area contributed by atoms with Gasteiger partial charge in [0.1, 0.15) is 22.6 Å². The Morgan fingerprint density at radius 2 is 1.72 bits per heavy atom. The van der Waals surface area contributed by atoms with Gasteiger partial charge in [0.15, 0.2) is 0 Å². The van der Waals surface area contributed by atoms with Crippen LogP contribution in [0, 0.1) is 10.1 Å². The Morgan fingerprint density at radius 3 is 2.47 bits per heavy atom. The molecule has 0 bridgehead atoms. The molecule has 0 amide bonds. The van der Waals surface area contributed by atoms with Crippen molar-refractivity contribution in [3.8, 4) is 11.5 Å². The molecule has 8 heteroatoms. The van der Waals surface area contributed by atoms with Crippen LogP contribution in [0.2, 0.25) is 5.02 Å². The molecule has 0 saturated carbocycles. The van der Waals surface area contributed by atoms with Gasteiger partial charge in [-0.3, -0.25) is 10.1 Å². The van der Waals surface area contributed by atoms with Crippen molar-refractivity contribution in [2.24, 2.45) is 0 Å². The highest BCUT2D eigenvalue weighted by molar-refractivity contribution is 6.30. The van der Waals surface area contributed by atoms with Crippen molar-refractivity contribution < 1.29 is 19.2 Å². The molecular weight excluding hydrogens is 434 g/mol. The Labute approximate surface area is 185 Å². The number of fused-ring (bicyclic) bond motifs is 2. The number of para-hydroxylation sites is 1. The Hall–Kier alpha value is -4.10. The van der Waals surface area contributed by atoms with Crippen molar-refractivity contribution in [3.05, 3.63) is 121 Å². The Morgan fingerprint density at radius 1 is 1.00 bits per heavy atom. The van der Waals surface area contributed by atoms with E-state index in [1.165, 1.54) is 12.1 Å². The van der Waals surface area contributed by atoms with Crippen molar-refractivity contribution >= 4 is 28.1 Å². The highest BCUT2D eigenvalue weighted by Gasteiger charge is 2.41. The van der Waals surface area contributed by atoms with Crippen LogP contribution in [-0.4, -0.2) is 10.0 Å². The molecule has 0 aliphatic carbocycles. The molecule has 0 saturated heterocycles. The first-order valence-corrected chi connectivity index (χ1v) is 9.98. The number of halogens is 1. The van der Waals surface area contributed by atoms with Gasteiger partial charge in [-0.2, -0.15) is 0 Å². The number of benzene rings is 3. The summed E-state index contributed by atoms with van der Waals surface area (Å²) >= 11 is 6.17. The number of ether oxygens (including phenoxy) is 1. The van der Waals surface area contributed by atoms with Gasteiger partial charge in [-0.1, -0.05) is 54.1 Å². The number of nitro groups is 1. The van der Waals surface area contributed by atoms with E-state index < -0.39 is 28.1 Å². The summed E-state index contributed by atoms with van der Waals surface area (Å²) in [6, 6.07) is 19.7. The molecular formula is C24H14ClNO6. The molecule has 3 aromatic carbocycles. The Bertz CT molecular complexity index is 1480. The molecule has 1 atom stereocenters. The van der Waals surface area contributed by atoms with Crippen molar-refractivity contribution in [1.82, 2.24) is 0 Å². The van der Waals surface area contributed by atoms with Crippen LogP contribution in [0.4, 0.5) is 0 Å². The number of aromatic hydroxyl groups is 1. The van der Waals surface area contributed by atoms with E-state index in [0.29, 0.717) is 5.56 Å². The van der Waals surface area contributed by atoms with E-state index in [0.717, 1.165) is 0 Å². The third-order valence-electron chi connectivity index (χ3n) is 5.30. The largest absolute Gasteiger partial charge is 0.506 e. The van der Waals surface area contributed by atoms with E-state index in [1.807, 2.05) is 0 Å². The van der Waals surface area contributed by atoms with Crippen molar-refractivity contribution in [3.63, 3.8) is 0 Å². The van der Waals surface area contributed by atoms with Crippen molar-refractivity contribution in [2.75, 3.05) is 0 Å². The van der Waals surface area contributed by atoms with Crippen LogP contribution in [0.5, 0.6) is 11.5 Å². The molecule has 1 N–H and O–H groups in total. The first kappa shape index (κ1) is 19.8. The van der Waals surface area contributed by atoms with Gasteiger partial charge in [-0.05, 0) is 30.3 Å². The molecule has 1 aliphatic heterocycles. The molecule has 32 heavy (non-hydrogen) atoms. The predicted molar refractivity (Wildman–Crippen MR) is 118 cm³/mol. The number of nitrogens with zero attached hydrogens (tertiary/aromatic N) is 1. The van der Waals surface area contributed by atoms with Gasteiger partial charge in [0.2, 0.25) is 6.10 Å². The highest BCUT2D eigenvalue weighted by atomic mass is 35.5. The average Bonchev–Trinajstić information content (AvgIpc) is 2.79. The summed E-state index contributed by atoms with van der Waals surface area (Å²) in [5, 5.41) is 23.9. The van der Waals surface area contributed by atoms with Crippen LogP contribution < -0.4 is 10.4 Å². The van der Waals surface area contributed by atoms with Crippen LogP contribution in [0.1, 0.15) is 22.8 Å². The first-order chi connectivity index (χ1) is 15.5. The Balaban J connectivity index is 1.92. The quantitative estimate of drug-likeness (QED) is 0.259. The molecule has 0 spiro atoms. The van der Waals surface area contributed by atoms with Gasteiger partial charge in [0.25, 0.3) is 5.70 Å². The average molecular weight is 448 g/mol. The normalized spacial score (nSPS) is 15.3. The van der Waals surface area contributed by atoms with E-state index >= 15 is 0 Å². The second-order valence-electron chi connectivity index (χ2n) is 7.18. The molecule has 0 fully saturated rings. The Kier molecular flexibility index (Phi) is 4.68. The summed E-state index contributed by atoms with van der Waals surface area (Å²) in [7, 11) is 0. The van der Waals surface area contributed by atoms with Gasteiger partial charge >= 0.3 is 5.63 Å². The fraction of sp³-hybridized carbons (Fsp3) is 0.0417. The molecule has 5 rings (SSSR count). The fourth-order valence-electron chi connectivity index (χ4n) is 3.91. The minimum Gasteiger partial charge on any atom is -0.506 e. The van der Waals surface area contributed by atoms with E-state index in [1.54, 1.807) is 60.7 Å². The van der Waals surface area contributed by atoms with Crippen LogP contribution in [0.15, 0.2) is 87.7 Å². The van der Waals surface area contributed by atoms with Gasteiger partial charge in [0, 0.05) is 16.1 Å². The molecule has 2 heterocycles. The lowest BCUT2D eigenvalue weighted by atomic mass is 9.89. The molecule has 4 aromatic rings. The van der Waals surface area contributed by atoms with Crippen LogP contribution >= 0.6 is 11.6 Å². The first-order valence-electron chi connectivity index (χ1n) is 9.61. The molecule has 1 unspecified atom stereocenters. The predicted octanol–water partition coefficient (Wildman–Crippen LogP) is 5.32.